The van der Waals surface area contributed by atoms with Gasteiger partial charge in [-0.2, -0.15) is 0 Å². The summed E-state index contributed by atoms with van der Waals surface area (Å²) in [4.78, 5) is 5.26. The molecule has 0 amide bonds. The molecule has 2 saturated carbocycles. The number of unbranched alkanes of at least 4 members (excludes halogenated alkanes) is 2. The highest BCUT2D eigenvalue weighted by Gasteiger charge is 2.38. The van der Waals surface area contributed by atoms with Gasteiger partial charge in [0.1, 0.15) is 11.5 Å². The summed E-state index contributed by atoms with van der Waals surface area (Å²) in [6.07, 6.45) is 18.4. The van der Waals surface area contributed by atoms with E-state index >= 15 is 0 Å². The number of allylic oxidation sites excluding steroid dienone is 1. The molecule has 2 aromatic carbocycles. The number of benzene rings is 2. The molecule has 4 nitrogen and oxygen atoms in total. The number of ether oxygens (including phenoxy) is 2. The summed E-state index contributed by atoms with van der Waals surface area (Å²) >= 11 is 0. The van der Waals surface area contributed by atoms with Crippen LogP contribution < -0.4 is 9.47 Å². The second-order valence-electron chi connectivity index (χ2n) is 15.3. The van der Waals surface area contributed by atoms with Crippen LogP contribution in [0, 0.1) is 23.7 Å². The zero-order chi connectivity index (χ0) is 31.6. The fourth-order valence-corrected chi connectivity index (χ4v) is 9.23. The van der Waals surface area contributed by atoms with Crippen molar-refractivity contribution >= 4 is 5.57 Å². The van der Waals surface area contributed by atoms with Crippen molar-refractivity contribution in [1.29, 1.82) is 0 Å². The quantitative estimate of drug-likeness (QED) is 0.195. The Balaban J connectivity index is 1.10. The second-order valence-corrected chi connectivity index (χ2v) is 15.3. The van der Waals surface area contributed by atoms with Crippen molar-refractivity contribution in [3.63, 3.8) is 0 Å². The summed E-state index contributed by atoms with van der Waals surface area (Å²) in [5, 5.41) is 0. The van der Waals surface area contributed by atoms with Gasteiger partial charge in [0, 0.05) is 0 Å². The van der Waals surface area contributed by atoms with Crippen LogP contribution in [-0.4, -0.2) is 62.3 Å². The third-order valence-electron chi connectivity index (χ3n) is 11.4. The van der Waals surface area contributed by atoms with Gasteiger partial charge in [0.15, 0.2) is 0 Å². The number of piperidine rings is 2. The first-order valence-corrected chi connectivity index (χ1v) is 19.3. The number of hydrogen-bond donors (Lipinski definition) is 0. The molecule has 4 atom stereocenters. The van der Waals surface area contributed by atoms with E-state index in [0.717, 1.165) is 49.4 Å². The third kappa shape index (κ3) is 9.41. The molecule has 0 spiro atoms. The molecule has 4 aliphatic rings. The van der Waals surface area contributed by atoms with Gasteiger partial charge in [0.05, 0.1) is 13.2 Å². The van der Waals surface area contributed by atoms with E-state index in [1.807, 2.05) is 0 Å². The summed E-state index contributed by atoms with van der Waals surface area (Å²) in [5.74, 6) is 5.03. The predicted octanol–water partition coefficient (Wildman–Crippen LogP) is 9.87. The van der Waals surface area contributed by atoms with Crippen LogP contribution in [0.25, 0.3) is 5.57 Å². The van der Waals surface area contributed by atoms with Gasteiger partial charge in [-0.05, 0) is 181 Å². The zero-order valence-corrected chi connectivity index (χ0v) is 29.2. The number of likely N-dealkylation sites (tertiary alicyclic amines) is 2. The van der Waals surface area contributed by atoms with Crippen LogP contribution in [0.2, 0.25) is 0 Å². The van der Waals surface area contributed by atoms with Crippen LogP contribution in [0.4, 0.5) is 0 Å². The number of rotatable bonds is 14. The van der Waals surface area contributed by atoms with E-state index in [4.69, 9.17) is 9.47 Å². The van der Waals surface area contributed by atoms with E-state index < -0.39 is 0 Å². The standard InChI is InChI=1S/C42H62N2O2/c1-33-29-35-31-34(2)41(38(30-33)32-35)42(36-13-17-39(18-14-36)45-27-11-9-25-43-21-5-3-6-22-43)37-15-19-40(20-16-37)46-28-12-10-26-44-23-7-4-8-24-44/h13-20,33-35,38H,3-12,21-32H2,1-2H3. The maximum atomic E-state index is 6.23. The zero-order valence-electron chi connectivity index (χ0n) is 29.2. The summed E-state index contributed by atoms with van der Waals surface area (Å²) < 4.78 is 12.5. The lowest BCUT2D eigenvalue weighted by atomic mass is 9.61. The van der Waals surface area contributed by atoms with E-state index in [2.05, 4.69) is 72.2 Å². The van der Waals surface area contributed by atoms with Gasteiger partial charge in [-0.3, -0.25) is 0 Å². The highest BCUT2D eigenvalue weighted by molar-refractivity contribution is 5.83. The average molecular weight is 627 g/mol. The van der Waals surface area contributed by atoms with Gasteiger partial charge in [-0.25, -0.2) is 0 Å². The minimum Gasteiger partial charge on any atom is -0.494 e. The van der Waals surface area contributed by atoms with Gasteiger partial charge in [0.25, 0.3) is 0 Å². The molecule has 2 aliphatic heterocycles. The molecular formula is C42H62N2O2. The first kappa shape index (κ1) is 33.6. The molecule has 2 bridgehead atoms. The van der Waals surface area contributed by atoms with Crippen molar-refractivity contribution in [1.82, 2.24) is 9.80 Å². The first-order valence-electron chi connectivity index (χ1n) is 19.3. The Morgan fingerprint density at radius 1 is 0.587 bits per heavy atom. The van der Waals surface area contributed by atoms with Crippen molar-refractivity contribution in [2.45, 2.75) is 104 Å². The Kier molecular flexibility index (Phi) is 12.6. The van der Waals surface area contributed by atoms with Crippen molar-refractivity contribution < 1.29 is 9.47 Å². The molecule has 0 radical (unpaired) electrons. The summed E-state index contributed by atoms with van der Waals surface area (Å²) in [7, 11) is 0. The fourth-order valence-electron chi connectivity index (χ4n) is 9.23. The highest BCUT2D eigenvalue weighted by Crippen LogP contribution is 2.51. The summed E-state index contributed by atoms with van der Waals surface area (Å²) in [6.45, 7) is 14.2. The van der Waals surface area contributed by atoms with Crippen LogP contribution >= 0.6 is 0 Å². The molecule has 4 heteroatoms. The highest BCUT2D eigenvalue weighted by atomic mass is 16.5. The maximum absolute atomic E-state index is 6.23. The largest absolute Gasteiger partial charge is 0.494 e. The minimum atomic E-state index is 0.623. The smallest absolute Gasteiger partial charge is 0.119 e. The van der Waals surface area contributed by atoms with Crippen LogP contribution in [-0.2, 0) is 0 Å². The Morgan fingerprint density at radius 3 is 1.59 bits per heavy atom. The monoisotopic (exact) mass is 626 g/mol. The normalized spacial score (nSPS) is 25.7. The van der Waals surface area contributed by atoms with E-state index in [9.17, 15) is 0 Å². The lowest BCUT2D eigenvalue weighted by Crippen LogP contribution is -2.32. The van der Waals surface area contributed by atoms with Crippen LogP contribution in [0.5, 0.6) is 11.5 Å². The number of hydrogen-bond acceptors (Lipinski definition) is 4. The Labute approximate surface area is 280 Å². The van der Waals surface area contributed by atoms with E-state index in [-0.39, 0.29) is 0 Å². The molecule has 2 aliphatic carbocycles. The van der Waals surface area contributed by atoms with E-state index in [1.165, 1.54) is 133 Å². The second kappa shape index (κ2) is 17.2. The molecule has 4 fully saturated rings. The van der Waals surface area contributed by atoms with Gasteiger partial charge >= 0.3 is 0 Å². The van der Waals surface area contributed by atoms with E-state index in [1.54, 1.807) is 5.57 Å². The Morgan fingerprint density at radius 2 is 1.09 bits per heavy atom. The van der Waals surface area contributed by atoms with Gasteiger partial charge in [0.2, 0.25) is 0 Å². The molecule has 4 unspecified atom stereocenters. The molecule has 2 saturated heterocycles. The third-order valence-corrected chi connectivity index (χ3v) is 11.4. The SMILES string of the molecule is CC1CC2CC(C)C(=C(c3ccc(OCCCCN4CCCCC4)cc3)c3ccc(OCCCCN4CCCCC4)cc3)C(C1)C2. The summed E-state index contributed by atoms with van der Waals surface area (Å²) in [5.41, 5.74) is 5.83. The maximum Gasteiger partial charge on any atom is 0.119 e. The summed E-state index contributed by atoms with van der Waals surface area (Å²) in [6, 6.07) is 18.1. The van der Waals surface area contributed by atoms with Gasteiger partial charge < -0.3 is 19.3 Å². The van der Waals surface area contributed by atoms with Crippen molar-refractivity contribution in [2.24, 2.45) is 23.7 Å². The molecule has 2 heterocycles. The predicted molar refractivity (Wildman–Crippen MR) is 193 cm³/mol. The van der Waals surface area contributed by atoms with Crippen molar-refractivity contribution in [3.8, 4) is 11.5 Å². The minimum absolute atomic E-state index is 0.623. The van der Waals surface area contributed by atoms with E-state index in [0.29, 0.717) is 11.8 Å². The van der Waals surface area contributed by atoms with Gasteiger partial charge in [-0.15, -0.1) is 0 Å². The van der Waals surface area contributed by atoms with Crippen molar-refractivity contribution in [3.05, 3.63) is 65.2 Å². The Bertz CT molecular complexity index is 1130. The van der Waals surface area contributed by atoms with Crippen LogP contribution in [0.3, 0.4) is 0 Å². The molecule has 46 heavy (non-hydrogen) atoms. The molecule has 0 N–H and O–H groups in total. The number of fused-ring (bicyclic) bond motifs is 2. The van der Waals surface area contributed by atoms with Gasteiger partial charge in [-0.1, -0.05) is 56.5 Å². The molecule has 2 aromatic rings. The Hall–Kier alpha value is -2.30. The lowest BCUT2D eigenvalue weighted by Gasteiger charge is -2.44. The molecule has 6 rings (SSSR count). The van der Waals surface area contributed by atoms with Crippen molar-refractivity contribution in [2.75, 3.05) is 52.5 Å². The average Bonchev–Trinajstić information content (AvgIpc) is 3.08. The van der Waals surface area contributed by atoms with Crippen LogP contribution in [0.1, 0.15) is 115 Å². The molecular weight excluding hydrogens is 564 g/mol. The molecule has 252 valence electrons. The first-order chi connectivity index (χ1) is 22.6. The topological polar surface area (TPSA) is 24.9 Å². The van der Waals surface area contributed by atoms with Crippen LogP contribution in [0.15, 0.2) is 54.1 Å². The number of nitrogens with zero attached hydrogens (tertiary/aromatic N) is 2. The fraction of sp³-hybridized carbons (Fsp3) is 0.667. The lowest BCUT2D eigenvalue weighted by molar-refractivity contribution is 0.163. The molecule has 0 aromatic heterocycles.